The zero-order valence-electron chi connectivity index (χ0n) is 2.18. The minimum absolute atomic E-state index is 0.130. The molecule has 0 nitrogen and oxygen atoms in total. The molecule has 0 rings (SSSR count). The van der Waals surface area contributed by atoms with Crippen molar-refractivity contribution in [1.82, 2.24) is 0 Å². The lowest BCUT2D eigenvalue weighted by Crippen LogP contribution is -0.870. The SMILES string of the molecule is PP(P)P. The van der Waals surface area contributed by atoms with E-state index in [9.17, 15) is 0 Å². The molecular weight excluding hydrogens is 124 g/mol. The first-order valence-electron chi connectivity index (χ1n) is 0.775. The third-order valence-corrected chi connectivity index (χ3v) is 0. The Hall–Kier alpha value is 1.72. The van der Waals surface area contributed by atoms with E-state index >= 15 is 0 Å². The van der Waals surface area contributed by atoms with Gasteiger partial charge >= 0.3 is 0 Å². The molecule has 0 saturated carbocycles. The van der Waals surface area contributed by atoms with Gasteiger partial charge in [0, 0.05) is 0 Å². The molecule has 4 heteroatoms. The van der Waals surface area contributed by atoms with Crippen molar-refractivity contribution in [3.8, 4) is 0 Å². The molecule has 4 heavy (non-hydrogen) atoms. The molecule has 3 unspecified atom stereocenters. The molecule has 0 aromatic heterocycles. The van der Waals surface area contributed by atoms with Gasteiger partial charge in [-0.25, -0.2) is 0 Å². The molecule has 0 aromatic carbocycles. The average Bonchev–Trinajstić information content (AvgIpc) is 0.811. The quantitative estimate of drug-likeness (QED) is 0.439. The molecule has 3 atom stereocenters. The maximum Gasteiger partial charge on any atom is -0.0500 e. The van der Waals surface area contributed by atoms with Gasteiger partial charge in [-0.1, -0.05) is 0 Å². The van der Waals surface area contributed by atoms with Crippen molar-refractivity contribution in [1.29, 1.82) is 0 Å². The first-order chi connectivity index (χ1) is 1.73. The predicted molar refractivity (Wildman–Crippen MR) is 36.1 cm³/mol. The lowest BCUT2D eigenvalue weighted by atomic mass is 29.2. The monoisotopic (exact) mass is 130 g/mol. The maximum absolute atomic E-state index is 2.65. The van der Waals surface area contributed by atoms with E-state index in [0.29, 0.717) is 0 Å². The largest absolute Gasteiger partial charge is 0.103 e. The van der Waals surface area contributed by atoms with Crippen LogP contribution in [0.25, 0.3) is 0 Å². The van der Waals surface area contributed by atoms with Crippen LogP contribution in [0.4, 0.5) is 0 Å². The molecule has 0 aliphatic heterocycles. The predicted octanol–water partition coefficient (Wildman–Crippen LogP) is 1.84. The third-order valence-electron chi connectivity index (χ3n) is 0. The highest BCUT2D eigenvalue weighted by Crippen LogP contribution is 2.59. The molecule has 0 radical (unpaired) electrons. The molecule has 0 fully saturated rings. The Morgan fingerprint density at radius 3 is 1.00 bits per heavy atom. The fourth-order valence-corrected chi connectivity index (χ4v) is 0. The van der Waals surface area contributed by atoms with Crippen LogP contribution < -0.4 is 0 Å². The molecular formula is H6P4. The summed E-state index contributed by atoms with van der Waals surface area (Å²) < 4.78 is 0. The Morgan fingerprint density at radius 2 is 1.00 bits per heavy atom. The van der Waals surface area contributed by atoms with Crippen molar-refractivity contribution in [2.45, 2.75) is 0 Å². The van der Waals surface area contributed by atoms with Crippen molar-refractivity contribution in [2.75, 3.05) is 0 Å². The molecule has 26 valence electrons. The lowest BCUT2D eigenvalue weighted by Gasteiger charge is -1.81. The topological polar surface area (TPSA) is 0 Å². The van der Waals surface area contributed by atoms with Crippen LogP contribution in [0.5, 0.6) is 0 Å². The first kappa shape index (κ1) is 5.72. The highest BCUT2D eigenvalue weighted by atomic mass is 32.7. The van der Waals surface area contributed by atoms with Crippen LogP contribution in [-0.4, -0.2) is 0 Å². The second-order valence-corrected chi connectivity index (χ2v) is 12.1. The van der Waals surface area contributed by atoms with Gasteiger partial charge < -0.3 is 0 Å². The van der Waals surface area contributed by atoms with E-state index in [-0.39, 0.29) is 6.99 Å². The normalized spacial score (nSPS) is 9.00. The Morgan fingerprint density at radius 1 is 1.00 bits per heavy atom. The summed E-state index contributed by atoms with van der Waals surface area (Å²) in [7, 11) is 7.94. The lowest BCUT2D eigenvalue weighted by molar-refractivity contribution is 5.19. The van der Waals surface area contributed by atoms with Gasteiger partial charge in [0.05, 0.1) is 0 Å². The minimum Gasteiger partial charge on any atom is -0.103 e. The van der Waals surface area contributed by atoms with E-state index in [1.54, 1.807) is 0 Å². The van der Waals surface area contributed by atoms with Gasteiger partial charge in [0.15, 0.2) is 0 Å². The summed E-state index contributed by atoms with van der Waals surface area (Å²) in [6.45, 7) is 0.130. The Balaban J connectivity index is 2.32. The van der Waals surface area contributed by atoms with Crippen molar-refractivity contribution in [3.05, 3.63) is 0 Å². The highest BCUT2D eigenvalue weighted by molar-refractivity contribution is 8.65. The smallest absolute Gasteiger partial charge is 0.0500 e. The van der Waals surface area contributed by atoms with Gasteiger partial charge in [0.2, 0.25) is 0 Å². The zero-order valence-corrected chi connectivity index (χ0v) is 6.54. The summed E-state index contributed by atoms with van der Waals surface area (Å²) in [4.78, 5) is 0. The van der Waals surface area contributed by atoms with Crippen LogP contribution in [0.15, 0.2) is 0 Å². The van der Waals surface area contributed by atoms with E-state index in [2.05, 4.69) is 26.8 Å². The zero-order chi connectivity index (χ0) is 3.58. The fraction of sp³-hybridized carbons (Fsp3) is 0. The van der Waals surface area contributed by atoms with E-state index in [4.69, 9.17) is 0 Å². The summed E-state index contributed by atoms with van der Waals surface area (Å²) in [5.74, 6) is 0. The minimum atomic E-state index is 0.130. The summed E-state index contributed by atoms with van der Waals surface area (Å²) >= 11 is 0. The average molecular weight is 130 g/mol. The van der Waals surface area contributed by atoms with Crippen LogP contribution in [-0.2, 0) is 0 Å². The second kappa shape index (κ2) is 2.93. The Bertz CT molecular complexity index is 4.75. The highest BCUT2D eigenvalue weighted by Gasteiger charge is 1.66. The fourth-order valence-electron chi connectivity index (χ4n) is 0. The molecule has 0 heterocycles. The molecule has 0 aliphatic rings. The van der Waals surface area contributed by atoms with Gasteiger partial charge in [0.1, 0.15) is 0 Å². The summed E-state index contributed by atoms with van der Waals surface area (Å²) in [6, 6.07) is 0. The van der Waals surface area contributed by atoms with Crippen molar-refractivity contribution in [2.24, 2.45) is 0 Å². The third kappa shape index (κ3) is 9.30. The molecule has 0 aromatic rings. The molecule has 0 aliphatic carbocycles. The first-order valence-corrected chi connectivity index (χ1v) is 6.97. The Kier molecular flexibility index (Phi) is 4.19. The van der Waals surface area contributed by atoms with Gasteiger partial charge in [-0.15, -0.1) is 26.8 Å². The van der Waals surface area contributed by atoms with Gasteiger partial charge in [0.25, 0.3) is 0 Å². The summed E-state index contributed by atoms with van der Waals surface area (Å²) in [5, 5.41) is 0. The molecule has 0 spiro atoms. The number of hydrogen-bond donors (Lipinski definition) is 0. The summed E-state index contributed by atoms with van der Waals surface area (Å²) in [5.41, 5.74) is 0. The maximum atomic E-state index is 2.65. The molecule has 0 saturated heterocycles. The number of rotatable bonds is 0. The molecule has 0 amide bonds. The standard InChI is InChI=1S/H6P4/c1-4(2)3/h1-3H2. The van der Waals surface area contributed by atoms with Crippen LogP contribution in [0.1, 0.15) is 0 Å². The van der Waals surface area contributed by atoms with Crippen molar-refractivity contribution < 1.29 is 0 Å². The number of hydrogen-bond acceptors (Lipinski definition) is 0. The van der Waals surface area contributed by atoms with E-state index < -0.39 is 0 Å². The van der Waals surface area contributed by atoms with Gasteiger partial charge in [-0.05, 0) is 6.99 Å². The van der Waals surface area contributed by atoms with Crippen LogP contribution in [0.2, 0.25) is 0 Å². The Labute approximate surface area is 34.5 Å². The van der Waals surface area contributed by atoms with Gasteiger partial charge in [-0.2, -0.15) is 0 Å². The van der Waals surface area contributed by atoms with Crippen molar-refractivity contribution in [3.63, 3.8) is 0 Å². The van der Waals surface area contributed by atoms with Crippen molar-refractivity contribution >= 4 is 33.8 Å². The van der Waals surface area contributed by atoms with E-state index in [1.807, 2.05) is 0 Å². The molecule has 0 N–H and O–H groups in total. The van der Waals surface area contributed by atoms with Crippen LogP contribution in [0.3, 0.4) is 0 Å². The van der Waals surface area contributed by atoms with E-state index in [0.717, 1.165) is 0 Å². The van der Waals surface area contributed by atoms with E-state index in [1.165, 1.54) is 0 Å². The van der Waals surface area contributed by atoms with Crippen LogP contribution >= 0.6 is 33.8 Å². The second-order valence-electron chi connectivity index (χ2n) is 0.447. The summed E-state index contributed by atoms with van der Waals surface area (Å²) in [6.07, 6.45) is 0. The van der Waals surface area contributed by atoms with Crippen LogP contribution in [0, 0.1) is 0 Å². The molecule has 0 bridgehead atoms. The van der Waals surface area contributed by atoms with Gasteiger partial charge in [-0.3, -0.25) is 0 Å².